The van der Waals surface area contributed by atoms with E-state index in [4.69, 9.17) is 5.11 Å². The summed E-state index contributed by atoms with van der Waals surface area (Å²) in [6.45, 7) is 0. The zero-order valence-electron chi connectivity index (χ0n) is 7.84. The van der Waals surface area contributed by atoms with Crippen LogP contribution in [0.1, 0.15) is 11.7 Å². The van der Waals surface area contributed by atoms with E-state index >= 15 is 0 Å². The van der Waals surface area contributed by atoms with Crippen molar-refractivity contribution >= 4 is 15.8 Å². The molecule has 82 valence electrons. The van der Waals surface area contributed by atoms with Crippen LogP contribution in [0, 0.1) is 0 Å². The van der Waals surface area contributed by atoms with Crippen molar-refractivity contribution in [3.63, 3.8) is 0 Å². The van der Waals surface area contributed by atoms with Gasteiger partial charge in [0.2, 0.25) is 6.17 Å². The Labute approximate surface area is 86.3 Å². The number of halogens is 1. The van der Waals surface area contributed by atoms with Crippen LogP contribution in [0.3, 0.4) is 0 Å². The quantitative estimate of drug-likeness (QED) is 0.849. The largest absolute Gasteiger partial charge is 0.479 e. The SMILES string of the molecule is CS(=O)(=O)c1ccccc1C(F)C(=O)O. The molecule has 0 aliphatic rings. The van der Waals surface area contributed by atoms with Crippen LogP contribution >= 0.6 is 0 Å². The molecule has 1 aromatic rings. The predicted octanol–water partition coefficient (Wildman–Crippen LogP) is 1.19. The Bertz CT molecular complexity index is 481. The molecule has 0 spiro atoms. The minimum absolute atomic E-state index is 0.292. The topological polar surface area (TPSA) is 71.4 Å². The summed E-state index contributed by atoms with van der Waals surface area (Å²) in [6.07, 6.45) is -1.42. The number of carbonyl (C=O) groups is 1. The fourth-order valence-corrected chi connectivity index (χ4v) is 2.09. The van der Waals surface area contributed by atoms with E-state index in [9.17, 15) is 17.6 Å². The van der Waals surface area contributed by atoms with Crippen LogP contribution in [0.2, 0.25) is 0 Å². The molecule has 1 N–H and O–H groups in total. The number of carboxylic acid groups (broad SMARTS) is 1. The zero-order chi connectivity index (χ0) is 11.6. The molecule has 1 unspecified atom stereocenters. The Hall–Kier alpha value is -1.43. The van der Waals surface area contributed by atoms with Crippen molar-refractivity contribution in [2.24, 2.45) is 0 Å². The third kappa shape index (κ3) is 2.53. The molecule has 0 fully saturated rings. The van der Waals surface area contributed by atoms with Gasteiger partial charge >= 0.3 is 5.97 Å². The first-order valence-electron chi connectivity index (χ1n) is 4.00. The molecule has 4 nitrogen and oxygen atoms in total. The molecule has 0 radical (unpaired) electrons. The highest BCUT2D eigenvalue weighted by molar-refractivity contribution is 7.90. The van der Waals surface area contributed by atoms with Gasteiger partial charge in [0.25, 0.3) is 0 Å². The molecule has 6 heteroatoms. The van der Waals surface area contributed by atoms with E-state index in [1.807, 2.05) is 0 Å². The molecular formula is C9H9FO4S. The maximum absolute atomic E-state index is 13.2. The van der Waals surface area contributed by atoms with Crippen LogP contribution < -0.4 is 0 Å². The van der Waals surface area contributed by atoms with E-state index in [0.717, 1.165) is 12.3 Å². The third-order valence-electron chi connectivity index (χ3n) is 1.81. The molecular weight excluding hydrogens is 223 g/mol. The minimum atomic E-state index is -3.62. The smallest absolute Gasteiger partial charge is 0.343 e. The molecule has 0 aromatic heterocycles. The second-order valence-corrected chi connectivity index (χ2v) is 4.99. The van der Waals surface area contributed by atoms with Crippen molar-refractivity contribution in [3.8, 4) is 0 Å². The minimum Gasteiger partial charge on any atom is -0.479 e. The van der Waals surface area contributed by atoms with Gasteiger partial charge in [-0.3, -0.25) is 0 Å². The van der Waals surface area contributed by atoms with Gasteiger partial charge in [0.1, 0.15) is 0 Å². The van der Waals surface area contributed by atoms with Gasteiger partial charge in [-0.1, -0.05) is 18.2 Å². The van der Waals surface area contributed by atoms with Gasteiger partial charge in [-0.2, -0.15) is 0 Å². The average molecular weight is 232 g/mol. The number of benzene rings is 1. The van der Waals surface area contributed by atoms with Gasteiger partial charge < -0.3 is 5.11 Å². The number of hydrogen-bond donors (Lipinski definition) is 1. The second-order valence-electron chi connectivity index (χ2n) is 3.01. The Balaban J connectivity index is 3.37. The number of aliphatic carboxylic acids is 1. The molecule has 0 aliphatic heterocycles. The lowest BCUT2D eigenvalue weighted by Gasteiger charge is -2.08. The summed E-state index contributed by atoms with van der Waals surface area (Å²) >= 11 is 0. The van der Waals surface area contributed by atoms with E-state index in [2.05, 4.69) is 0 Å². The molecule has 0 saturated heterocycles. The Kier molecular flexibility index (Phi) is 3.09. The summed E-state index contributed by atoms with van der Waals surface area (Å²) in [5.74, 6) is -1.70. The molecule has 0 amide bonds. The molecule has 15 heavy (non-hydrogen) atoms. The fraction of sp³-hybridized carbons (Fsp3) is 0.222. The first kappa shape index (κ1) is 11.6. The Morgan fingerprint density at radius 3 is 2.40 bits per heavy atom. The summed E-state index contributed by atoms with van der Waals surface area (Å²) in [7, 11) is -3.62. The highest BCUT2D eigenvalue weighted by atomic mass is 32.2. The van der Waals surface area contributed by atoms with Crippen molar-refractivity contribution in [2.75, 3.05) is 6.26 Å². The maximum atomic E-state index is 13.2. The highest BCUT2D eigenvalue weighted by Crippen LogP contribution is 2.25. The third-order valence-corrected chi connectivity index (χ3v) is 2.98. The molecule has 1 rings (SSSR count). The van der Waals surface area contributed by atoms with Gasteiger partial charge in [-0.15, -0.1) is 0 Å². The molecule has 0 bridgehead atoms. The highest BCUT2D eigenvalue weighted by Gasteiger charge is 2.24. The monoisotopic (exact) mass is 232 g/mol. The predicted molar refractivity (Wildman–Crippen MR) is 51.0 cm³/mol. The van der Waals surface area contributed by atoms with Gasteiger partial charge in [-0.05, 0) is 6.07 Å². The summed E-state index contributed by atoms with van der Waals surface area (Å²) in [4.78, 5) is 10.1. The van der Waals surface area contributed by atoms with Crippen molar-refractivity contribution in [2.45, 2.75) is 11.1 Å². The molecule has 0 aliphatic carbocycles. The van der Waals surface area contributed by atoms with Crippen molar-refractivity contribution in [1.82, 2.24) is 0 Å². The maximum Gasteiger partial charge on any atom is 0.343 e. The van der Waals surface area contributed by atoms with Gasteiger partial charge in [0.05, 0.1) is 4.90 Å². The van der Waals surface area contributed by atoms with Gasteiger partial charge in [0, 0.05) is 11.8 Å². The standard InChI is InChI=1S/C9H9FO4S/c1-15(13,14)7-5-3-2-4-6(7)8(10)9(11)12/h2-5,8H,1H3,(H,11,12). The van der Waals surface area contributed by atoms with Crippen molar-refractivity contribution < 1.29 is 22.7 Å². The van der Waals surface area contributed by atoms with E-state index in [1.54, 1.807) is 0 Å². The first-order valence-corrected chi connectivity index (χ1v) is 5.89. The van der Waals surface area contributed by atoms with E-state index in [1.165, 1.54) is 18.2 Å². The van der Waals surface area contributed by atoms with Gasteiger partial charge in [0.15, 0.2) is 9.84 Å². The van der Waals surface area contributed by atoms with Gasteiger partial charge in [-0.25, -0.2) is 17.6 Å². The summed E-state index contributed by atoms with van der Waals surface area (Å²) in [5, 5.41) is 8.46. The summed E-state index contributed by atoms with van der Waals surface area (Å²) in [6, 6.07) is 5.13. The van der Waals surface area contributed by atoms with Crippen molar-refractivity contribution in [1.29, 1.82) is 0 Å². The van der Waals surface area contributed by atoms with Crippen LogP contribution in [0.4, 0.5) is 4.39 Å². The van der Waals surface area contributed by atoms with Crippen LogP contribution in [0.25, 0.3) is 0 Å². The number of rotatable bonds is 3. The van der Waals surface area contributed by atoms with Crippen LogP contribution in [0.15, 0.2) is 29.2 Å². The number of carboxylic acids is 1. The molecule has 1 atom stereocenters. The molecule has 1 aromatic carbocycles. The fourth-order valence-electron chi connectivity index (χ4n) is 1.16. The van der Waals surface area contributed by atoms with Crippen LogP contribution in [-0.2, 0) is 14.6 Å². The van der Waals surface area contributed by atoms with E-state index < -0.39 is 22.0 Å². The zero-order valence-corrected chi connectivity index (χ0v) is 8.66. The Morgan fingerprint density at radius 2 is 1.93 bits per heavy atom. The lowest BCUT2D eigenvalue weighted by Crippen LogP contribution is -2.11. The lowest BCUT2D eigenvalue weighted by molar-refractivity contribution is -0.143. The molecule has 0 heterocycles. The Morgan fingerprint density at radius 1 is 1.40 bits per heavy atom. The summed E-state index contributed by atoms with van der Waals surface area (Å²) in [5.41, 5.74) is -0.340. The average Bonchev–Trinajstić information content (AvgIpc) is 2.15. The normalized spacial score (nSPS) is 13.5. The van der Waals surface area contributed by atoms with Crippen molar-refractivity contribution in [3.05, 3.63) is 29.8 Å². The summed E-state index contributed by atoms with van der Waals surface area (Å²) < 4.78 is 35.6. The van der Waals surface area contributed by atoms with Crippen LogP contribution in [0.5, 0.6) is 0 Å². The van der Waals surface area contributed by atoms with Crippen LogP contribution in [-0.4, -0.2) is 25.7 Å². The second kappa shape index (κ2) is 3.98. The van der Waals surface area contributed by atoms with E-state index in [0.29, 0.717) is 0 Å². The number of hydrogen-bond acceptors (Lipinski definition) is 3. The van der Waals surface area contributed by atoms with E-state index in [-0.39, 0.29) is 10.5 Å². The first-order chi connectivity index (χ1) is 6.84. The number of alkyl halides is 1. The molecule has 0 saturated carbocycles. The lowest BCUT2D eigenvalue weighted by atomic mass is 10.1. The number of sulfone groups is 1.